The van der Waals surface area contributed by atoms with Gasteiger partial charge in [0.2, 0.25) is 0 Å². The van der Waals surface area contributed by atoms with E-state index in [0.717, 1.165) is 24.2 Å². The molecule has 0 radical (unpaired) electrons. The molecule has 1 aliphatic carbocycles. The van der Waals surface area contributed by atoms with E-state index in [0.29, 0.717) is 25.6 Å². The van der Waals surface area contributed by atoms with Gasteiger partial charge in [0.1, 0.15) is 5.82 Å². The van der Waals surface area contributed by atoms with Crippen LogP contribution in [-0.4, -0.2) is 40.0 Å². The van der Waals surface area contributed by atoms with E-state index in [1.807, 2.05) is 12.1 Å². The summed E-state index contributed by atoms with van der Waals surface area (Å²) >= 11 is 0. The second-order valence-electron chi connectivity index (χ2n) is 9.15. The normalized spacial score (nSPS) is 28.2. The van der Waals surface area contributed by atoms with Crippen molar-refractivity contribution in [1.82, 2.24) is 14.6 Å². The quantitative estimate of drug-likeness (QED) is 0.688. The number of ether oxygens (including phenoxy) is 2. The zero-order chi connectivity index (χ0) is 20.7. The van der Waals surface area contributed by atoms with Crippen LogP contribution in [0.1, 0.15) is 95.1 Å². The van der Waals surface area contributed by atoms with Gasteiger partial charge in [-0.25, -0.2) is 4.98 Å². The molecule has 2 unspecified atom stereocenters. The number of fused-ring (bicyclic) bond motifs is 1. The fourth-order valence-electron chi connectivity index (χ4n) is 5.29. The van der Waals surface area contributed by atoms with E-state index in [1.54, 1.807) is 10.7 Å². The Hall–Kier alpha value is -1.66. The third-order valence-electron chi connectivity index (χ3n) is 6.96. The Morgan fingerprint density at radius 2 is 1.63 bits per heavy atom. The summed E-state index contributed by atoms with van der Waals surface area (Å²) < 4.78 is 14.3. The lowest BCUT2D eigenvalue weighted by Gasteiger charge is -2.43. The molecule has 0 amide bonds. The molecular formula is C24H38N4O2. The van der Waals surface area contributed by atoms with Gasteiger partial charge in [0.25, 0.3) is 0 Å². The average Bonchev–Trinajstić information content (AvgIpc) is 3.23. The van der Waals surface area contributed by atoms with Crippen LogP contribution in [0.4, 0.5) is 5.82 Å². The molecule has 2 aromatic heterocycles. The lowest BCUT2D eigenvalue weighted by Crippen LogP contribution is -2.48. The third kappa shape index (κ3) is 5.14. The molecule has 2 aliphatic rings. The second kappa shape index (κ2) is 10.6. The molecule has 0 bridgehead atoms. The van der Waals surface area contributed by atoms with E-state index < -0.39 is 0 Å². The van der Waals surface area contributed by atoms with Gasteiger partial charge in [-0.15, -0.1) is 0 Å². The van der Waals surface area contributed by atoms with Gasteiger partial charge < -0.3 is 15.2 Å². The highest BCUT2D eigenvalue weighted by Gasteiger charge is 2.43. The van der Waals surface area contributed by atoms with Crippen LogP contribution in [0.5, 0.6) is 0 Å². The second-order valence-corrected chi connectivity index (χ2v) is 9.15. The van der Waals surface area contributed by atoms with Crippen molar-refractivity contribution < 1.29 is 9.47 Å². The number of anilines is 1. The average molecular weight is 415 g/mol. The molecule has 1 saturated carbocycles. The number of hydrogen-bond acceptors (Lipinski definition) is 5. The van der Waals surface area contributed by atoms with E-state index in [1.165, 1.54) is 70.6 Å². The standard InChI is InChI=1S/C24H38N4O2/c25-22-18-21(27-23-13-15-26-28(22)23)20-12-10-8-6-4-2-1-3-5-7-9-11-14-24(20)19-29-16-17-30-24/h13,15,18,20H,1-12,14,16-17,19,25H2. The molecular weight excluding hydrogens is 376 g/mol. The van der Waals surface area contributed by atoms with Crippen molar-refractivity contribution in [2.24, 2.45) is 0 Å². The van der Waals surface area contributed by atoms with Crippen LogP contribution < -0.4 is 5.73 Å². The predicted molar refractivity (Wildman–Crippen MR) is 120 cm³/mol. The first kappa shape index (κ1) is 21.6. The third-order valence-corrected chi connectivity index (χ3v) is 6.96. The van der Waals surface area contributed by atoms with Gasteiger partial charge in [0.05, 0.1) is 37.3 Å². The molecule has 2 fully saturated rings. The Morgan fingerprint density at radius 3 is 2.33 bits per heavy atom. The van der Waals surface area contributed by atoms with Crippen LogP contribution in [0.3, 0.4) is 0 Å². The Bertz CT molecular complexity index is 785. The fraction of sp³-hybridized carbons (Fsp3) is 0.750. The highest BCUT2D eigenvalue weighted by Crippen LogP contribution is 2.41. The maximum atomic E-state index is 6.56. The summed E-state index contributed by atoms with van der Waals surface area (Å²) in [5.41, 5.74) is 7.90. The molecule has 2 N–H and O–H groups in total. The van der Waals surface area contributed by atoms with Crippen molar-refractivity contribution in [3.63, 3.8) is 0 Å². The zero-order valence-corrected chi connectivity index (χ0v) is 18.4. The number of nitrogen functional groups attached to an aromatic ring is 1. The SMILES string of the molecule is Nc1cc(C2CCCCCCCCCCCCCC23COCCO3)nc2ccnn12. The minimum Gasteiger partial charge on any atom is -0.384 e. The number of hydrogen-bond donors (Lipinski definition) is 1. The first-order chi connectivity index (χ1) is 14.8. The molecule has 30 heavy (non-hydrogen) atoms. The van der Waals surface area contributed by atoms with Crippen LogP contribution >= 0.6 is 0 Å². The van der Waals surface area contributed by atoms with Gasteiger partial charge in [-0.1, -0.05) is 70.6 Å². The smallest absolute Gasteiger partial charge is 0.157 e. The van der Waals surface area contributed by atoms with E-state index in [4.69, 9.17) is 20.2 Å². The van der Waals surface area contributed by atoms with E-state index in [9.17, 15) is 0 Å². The van der Waals surface area contributed by atoms with Crippen LogP contribution in [-0.2, 0) is 9.47 Å². The molecule has 1 spiro atoms. The molecule has 2 atom stereocenters. The van der Waals surface area contributed by atoms with Crippen molar-refractivity contribution >= 4 is 11.5 Å². The van der Waals surface area contributed by atoms with Crippen molar-refractivity contribution in [1.29, 1.82) is 0 Å². The minimum absolute atomic E-state index is 0.199. The largest absolute Gasteiger partial charge is 0.384 e. The first-order valence-corrected chi connectivity index (χ1v) is 12.1. The van der Waals surface area contributed by atoms with Gasteiger partial charge in [-0.05, 0) is 12.8 Å². The molecule has 166 valence electrons. The Morgan fingerprint density at radius 1 is 0.933 bits per heavy atom. The monoisotopic (exact) mass is 414 g/mol. The van der Waals surface area contributed by atoms with Gasteiger partial charge in [0.15, 0.2) is 5.65 Å². The van der Waals surface area contributed by atoms with Crippen LogP contribution in [0.15, 0.2) is 18.3 Å². The Kier molecular flexibility index (Phi) is 7.61. The van der Waals surface area contributed by atoms with E-state index in [2.05, 4.69) is 5.10 Å². The fourth-order valence-corrected chi connectivity index (χ4v) is 5.29. The predicted octanol–water partition coefficient (Wildman–Crippen LogP) is 5.27. The van der Waals surface area contributed by atoms with E-state index >= 15 is 0 Å². The van der Waals surface area contributed by atoms with E-state index in [-0.39, 0.29) is 11.5 Å². The first-order valence-electron chi connectivity index (χ1n) is 12.1. The van der Waals surface area contributed by atoms with Gasteiger partial charge in [0, 0.05) is 18.1 Å². The Balaban J connectivity index is 1.62. The molecule has 6 heteroatoms. The molecule has 0 aromatic carbocycles. The number of rotatable bonds is 1. The summed E-state index contributed by atoms with van der Waals surface area (Å²) in [6.07, 6.45) is 18.4. The van der Waals surface area contributed by atoms with Gasteiger partial charge in [-0.2, -0.15) is 9.61 Å². The molecule has 2 aromatic rings. The number of nitrogens with two attached hydrogens (primary N) is 1. The highest BCUT2D eigenvalue weighted by molar-refractivity contribution is 5.47. The van der Waals surface area contributed by atoms with Crippen molar-refractivity contribution in [3.05, 3.63) is 24.0 Å². The highest BCUT2D eigenvalue weighted by atomic mass is 16.6. The van der Waals surface area contributed by atoms with Crippen LogP contribution in [0, 0.1) is 0 Å². The summed E-state index contributed by atoms with van der Waals surface area (Å²) in [6.45, 7) is 2.01. The molecule has 3 heterocycles. The van der Waals surface area contributed by atoms with Gasteiger partial charge >= 0.3 is 0 Å². The summed E-state index contributed by atoms with van der Waals surface area (Å²) in [4.78, 5) is 4.97. The number of nitrogens with zero attached hydrogens (tertiary/aromatic N) is 3. The molecule has 1 aliphatic heterocycles. The molecule has 6 nitrogen and oxygen atoms in total. The number of aromatic nitrogens is 3. The maximum Gasteiger partial charge on any atom is 0.157 e. The maximum absolute atomic E-state index is 6.56. The topological polar surface area (TPSA) is 74.7 Å². The summed E-state index contributed by atoms with van der Waals surface area (Å²) in [7, 11) is 0. The summed E-state index contributed by atoms with van der Waals surface area (Å²) in [5, 5.41) is 4.29. The molecule has 1 saturated heterocycles. The molecule has 4 rings (SSSR count). The van der Waals surface area contributed by atoms with Crippen molar-refractivity contribution in [2.45, 2.75) is 95.0 Å². The Labute approximate surface area is 180 Å². The summed E-state index contributed by atoms with van der Waals surface area (Å²) in [5.74, 6) is 0.841. The lowest BCUT2D eigenvalue weighted by atomic mass is 9.77. The van der Waals surface area contributed by atoms with Crippen molar-refractivity contribution in [3.8, 4) is 0 Å². The lowest BCUT2D eigenvalue weighted by molar-refractivity contribution is -0.175. The summed E-state index contributed by atoms with van der Waals surface area (Å²) in [6, 6.07) is 3.94. The van der Waals surface area contributed by atoms with Gasteiger partial charge in [-0.3, -0.25) is 0 Å². The van der Waals surface area contributed by atoms with Crippen molar-refractivity contribution in [2.75, 3.05) is 25.6 Å². The van der Waals surface area contributed by atoms with Crippen LogP contribution in [0.2, 0.25) is 0 Å². The van der Waals surface area contributed by atoms with Crippen LogP contribution in [0.25, 0.3) is 5.65 Å². The minimum atomic E-state index is -0.295. The zero-order valence-electron chi connectivity index (χ0n) is 18.4.